The number of halogens is 2. The molecular formula is C17H17F2NO2. The predicted octanol–water partition coefficient (Wildman–Crippen LogP) is 3.00. The molecule has 22 heavy (non-hydrogen) atoms. The summed E-state index contributed by atoms with van der Waals surface area (Å²) in [5, 5.41) is 3.23. The van der Waals surface area contributed by atoms with Crippen LogP contribution in [-0.4, -0.2) is 32.4 Å². The van der Waals surface area contributed by atoms with Gasteiger partial charge >= 0.3 is 0 Å². The van der Waals surface area contributed by atoms with Crippen molar-refractivity contribution in [2.45, 2.75) is 6.10 Å². The van der Waals surface area contributed by atoms with Crippen LogP contribution in [0.3, 0.4) is 0 Å². The molecule has 116 valence electrons. The molecule has 0 bridgehead atoms. The average Bonchev–Trinajstić information content (AvgIpc) is 2.55. The second-order valence-electron chi connectivity index (χ2n) is 5.16. The van der Waals surface area contributed by atoms with E-state index in [0.29, 0.717) is 30.1 Å². The summed E-state index contributed by atoms with van der Waals surface area (Å²) in [6.45, 7) is 2.61. The summed E-state index contributed by atoms with van der Waals surface area (Å²) in [5.41, 5.74) is 1.31. The van der Waals surface area contributed by atoms with Crippen LogP contribution in [0.5, 0.6) is 5.75 Å². The summed E-state index contributed by atoms with van der Waals surface area (Å²) in [4.78, 5) is 0. The maximum Gasteiger partial charge on any atom is 0.127 e. The Morgan fingerprint density at radius 3 is 2.59 bits per heavy atom. The lowest BCUT2D eigenvalue weighted by Crippen LogP contribution is -2.41. The van der Waals surface area contributed by atoms with E-state index in [-0.39, 0.29) is 17.7 Å². The number of benzene rings is 2. The van der Waals surface area contributed by atoms with Crippen LogP contribution >= 0.6 is 0 Å². The summed E-state index contributed by atoms with van der Waals surface area (Å²) in [6, 6.07) is 10.2. The molecule has 3 rings (SSSR count). The van der Waals surface area contributed by atoms with Gasteiger partial charge in [-0.2, -0.15) is 0 Å². The highest BCUT2D eigenvalue weighted by molar-refractivity contribution is 5.70. The van der Waals surface area contributed by atoms with E-state index in [0.717, 1.165) is 13.1 Å². The fourth-order valence-electron chi connectivity index (χ4n) is 2.39. The van der Waals surface area contributed by atoms with Gasteiger partial charge in [0, 0.05) is 18.7 Å². The molecule has 0 amide bonds. The van der Waals surface area contributed by atoms with Gasteiger partial charge in [0.1, 0.15) is 30.1 Å². The van der Waals surface area contributed by atoms with E-state index in [9.17, 15) is 8.78 Å². The molecule has 2 aromatic carbocycles. The lowest BCUT2D eigenvalue weighted by Gasteiger charge is -2.24. The topological polar surface area (TPSA) is 30.5 Å². The Bertz CT molecular complexity index is 625. The van der Waals surface area contributed by atoms with Crippen LogP contribution in [0.15, 0.2) is 42.5 Å². The van der Waals surface area contributed by atoms with Crippen molar-refractivity contribution in [1.82, 2.24) is 5.32 Å². The Balaban J connectivity index is 1.79. The normalized spacial score (nSPS) is 18.2. The molecule has 1 aliphatic rings. The van der Waals surface area contributed by atoms with Crippen molar-refractivity contribution in [2.24, 2.45) is 0 Å². The highest BCUT2D eigenvalue weighted by atomic mass is 19.1. The van der Waals surface area contributed by atoms with Gasteiger partial charge in [-0.25, -0.2) is 8.78 Å². The minimum atomic E-state index is -0.359. The summed E-state index contributed by atoms with van der Waals surface area (Å²) in [7, 11) is 0. The average molecular weight is 304 g/mol. The van der Waals surface area contributed by atoms with E-state index in [1.54, 1.807) is 18.2 Å². The van der Waals surface area contributed by atoms with E-state index in [4.69, 9.17) is 9.47 Å². The van der Waals surface area contributed by atoms with Gasteiger partial charge in [0.15, 0.2) is 0 Å². The molecule has 1 heterocycles. The summed E-state index contributed by atoms with van der Waals surface area (Å²) >= 11 is 0. The zero-order valence-electron chi connectivity index (χ0n) is 12.0. The molecule has 0 aliphatic carbocycles. The molecule has 1 aliphatic heterocycles. The second kappa shape index (κ2) is 6.85. The minimum absolute atomic E-state index is 0.0279. The standard InChI is InChI=1S/C17H17F2NO2/c18-13-3-1-12(2-4-13)16-9-14(19)5-6-17(16)22-11-15-10-20-7-8-21-15/h1-6,9,15,20H,7-8,10-11H2/i18-1. The first-order valence-corrected chi connectivity index (χ1v) is 7.23. The van der Waals surface area contributed by atoms with E-state index in [2.05, 4.69) is 5.32 Å². The summed E-state index contributed by atoms with van der Waals surface area (Å²) < 4.78 is 38.0. The number of nitrogens with one attached hydrogen (secondary N) is 1. The van der Waals surface area contributed by atoms with Gasteiger partial charge in [0.25, 0.3) is 0 Å². The largest absolute Gasteiger partial charge is 0.490 e. The van der Waals surface area contributed by atoms with Gasteiger partial charge in [-0.3, -0.25) is 0 Å². The van der Waals surface area contributed by atoms with Crippen molar-refractivity contribution >= 4 is 0 Å². The SMILES string of the molecule is Fc1ccc(OCC2CNCCO2)c(-c2ccc([18F])cc2)c1. The number of hydrogen-bond donors (Lipinski definition) is 1. The molecule has 1 saturated heterocycles. The number of rotatable bonds is 4. The van der Waals surface area contributed by atoms with Crippen molar-refractivity contribution in [3.8, 4) is 16.9 Å². The summed E-state index contributed by atoms with van der Waals surface area (Å²) in [5.74, 6) is -0.131. The Hall–Kier alpha value is -1.98. The van der Waals surface area contributed by atoms with Crippen molar-refractivity contribution in [2.75, 3.05) is 26.3 Å². The highest BCUT2D eigenvalue weighted by Gasteiger charge is 2.15. The first kappa shape index (κ1) is 14.9. The molecule has 0 spiro atoms. The molecule has 5 heteroatoms. The fourth-order valence-corrected chi connectivity index (χ4v) is 2.39. The van der Waals surface area contributed by atoms with Crippen molar-refractivity contribution in [3.05, 3.63) is 54.1 Å². The molecule has 2 aromatic rings. The van der Waals surface area contributed by atoms with Crippen LogP contribution in [0.25, 0.3) is 11.1 Å². The molecule has 1 unspecified atom stereocenters. The van der Waals surface area contributed by atoms with Gasteiger partial charge in [-0.05, 0) is 35.9 Å². The Morgan fingerprint density at radius 1 is 1.09 bits per heavy atom. The third kappa shape index (κ3) is 3.61. The van der Waals surface area contributed by atoms with E-state index >= 15 is 0 Å². The van der Waals surface area contributed by atoms with Gasteiger partial charge < -0.3 is 14.8 Å². The second-order valence-corrected chi connectivity index (χ2v) is 5.16. The first-order valence-electron chi connectivity index (χ1n) is 7.23. The van der Waals surface area contributed by atoms with Gasteiger partial charge in [0.2, 0.25) is 0 Å². The molecule has 1 N–H and O–H groups in total. The Labute approximate surface area is 127 Å². The summed E-state index contributed by atoms with van der Waals surface area (Å²) in [6.07, 6.45) is -0.0279. The first-order chi connectivity index (χ1) is 10.7. The smallest absolute Gasteiger partial charge is 0.127 e. The molecule has 1 atom stereocenters. The maximum atomic E-state index is 13.5. The lowest BCUT2D eigenvalue weighted by molar-refractivity contribution is 0.000306. The Morgan fingerprint density at radius 2 is 1.86 bits per heavy atom. The minimum Gasteiger partial charge on any atom is -0.490 e. The molecule has 1 fully saturated rings. The van der Waals surface area contributed by atoms with Crippen LogP contribution < -0.4 is 10.1 Å². The molecule has 0 radical (unpaired) electrons. The third-order valence-corrected chi connectivity index (χ3v) is 3.53. The lowest BCUT2D eigenvalue weighted by atomic mass is 10.0. The van der Waals surface area contributed by atoms with E-state index < -0.39 is 0 Å². The van der Waals surface area contributed by atoms with Gasteiger partial charge in [-0.1, -0.05) is 12.1 Å². The fraction of sp³-hybridized carbons (Fsp3) is 0.294. The quantitative estimate of drug-likeness (QED) is 0.942. The maximum absolute atomic E-state index is 13.5. The number of morpholine rings is 1. The van der Waals surface area contributed by atoms with Crippen LogP contribution in [0.2, 0.25) is 0 Å². The predicted molar refractivity (Wildman–Crippen MR) is 79.9 cm³/mol. The third-order valence-electron chi connectivity index (χ3n) is 3.53. The number of ether oxygens (including phenoxy) is 2. The molecular weight excluding hydrogens is 287 g/mol. The van der Waals surface area contributed by atoms with Crippen molar-refractivity contribution in [1.29, 1.82) is 0 Å². The Kier molecular flexibility index (Phi) is 4.65. The molecule has 3 nitrogen and oxygen atoms in total. The van der Waals surface area contributed by atoms with Crippen LogP contribution in [0.4, 0.5) is 8.78 Å². The number of hydrogen-bond acceptors (Lipinski definition) is 3. The monoisotopic (exact) mass is 304 g/mol. The van der Waals surface area contributed by atoms with E-state index in [1.165, 1.54) is 24.3 Å². The van der Waals surface area contributed by atoms with Crippen molar-refractivity contribution in [3.63, 3.8) is 0 Å². The molecule has 0 aromatic heterocycles. The zero-order valence-corrected chi connectivity index (χ0v) is 12.0. The van der Waals surface area contributed by atoms with Crippen LogP contribution in [0.1, 0.15) is 0 Å². The van der Waals surface area contributed by atoms with Crippen molar-refractivity contribution < 1.29 is 18.3 Å². The van der Waals surface area contributed by atoms with E-state index in [1.807, 2.05) is 0 Å². The zero-order chi connectivity index (χ0) is 15.4. The van der Waals surface area contributed by atoms with Gasteiger partial charge in [0.05, 0.1) is 6.61 Å². The van der Waals surface area contributed by atoms with Crippen LogP contribution in [0, 0.1) is 11.6 Å². The van der Waals surface area contributed by atoms with Crippen LogP contribution in [-0.2, 0) is 4.74 Å². The highest BCUT2D eigenvalue weighted by Crippen LogP contribution is 2.31. The molecule has 0 saturated carbocycles. The van der Waals surface area contributed by atoms with Gasteiger partial charge in [-0.15, -0.1) is 0 Å².